The lowest BCUT2D eigenvalue weighted by Crippen LogP contribution is -2.41. The molecule has 0 bridgehead atoms. The summed E-state index contributed by atoms with van der Waals surface area (Å²) in [5.41, 5.74) is 2.52. The Kier molecular flexibility index (Phi) is 6.06. The van der Waals surface area contributed by atoms with Gasteiger partial charge in [0.25, 0.3) is 0 Å². The SMILES string of the molecule is Cc1cc(C(C)(C)C)ccc1OC[C@H](O)CN1CCC(O)CC1. The molecule has 0 unspecified atom stereocenters. The molecule has 1 atom stereocenters. The molecule has 0 aromatic heterocycles. The molecule has 1 aromatic rings. The van der Waals surface area contributed by atoms with E-state index in [-0.39, 0.29) is 11.5 Å². The quantitative estimate of drug-likeness (QED) is 0.875. The highest BCUT2D eigenvalue weighted by molar-refractivity contribution is 5.38. The Hall–Kier alpha value is -1.10. The second-order valence-electron chi connectivity index (χ2n) is 7.73. The Morgan fingerprint density at radius 2 is 1.91 bits per heavy atom. The zero-order valence-corrected chi connectivity index (χ0v) is 14.9. The molecular weight excluding hydrogens is 290 g/mol. The minimum absolute atomic E-state index is 0.127. The lowest BCUT2D eigenvalue weighted by atomic mass is 9.86. The summed E-state index contributed by atoms with van der Waals surface area (Å²) in [4.78, 5) is 2.19. The van der Waals surface area contributed by atoms with E-state index in [1.165, 1.54) is 5.56 Å². The summed E-state index contributed by atoms with van der Waals surface area (Å²) in [5.74, 6) is 0.839. The number of ether oxygens (including phenoxy) is 1. The third kappa shape index (κ3) is 5.48. The Bertz CT molecular complexity index is 502. The third-order valence-corrected chi connectivity index (χ3v) is 4.50. The van der Waals surface area contributed by atoms with Crippen LogP contribution in [0.1, 0.15) is 44.7 Å². The number of likely N-dealkylation sites (tertiary alicyclic amines) is 1. The molecule has 1 saturated heterocycles. The fraction of sp³-hybridized carbons (Fsp3) is 0.684. The van der Waals surface area contributed by atoms with Gasteiger partial charge in [-0.3, -0.25) is 0 Å². The molecule has 0 radical (unpaired) electrons. The van der Waals surface area contributed by atoms with Gasteiger partial charge < -0.3 is 19.8 Å². The zero-order chi connectivity index (χ0) is 17.0. The number of rotatable bonds is 5. The van der Waals surface area contributed by atoms with Crippen molar-refractivity contribution in [3.8, 4) is 5.75 Å². The smallest absolute Gasteiger partial charge is 0.122 e. The van der Waals surface area contributed by atoms with Crippen LogP contribution in [0.4, 0.5) is 0 Å². The number of piperidine rings is 1. The van der Waals surface area contributed by atoms with Crippen molar-refractivity contribution in [1.29, 1.82) is 0 Å². The van der Waals surface area contributed by atoms with Crippen LogP contribution in [-0.2, 0) is 5.41 Å². The van der Waals surface area contributed by atoms with Crippen molar-refractivity contribution < 1.29 is 14.9 Å². The molecule has 0 aliphatic carbocycles. The molecule has 2 rings (SSSR count). The zero-order valence-electron chi connectivity index (χ0n) is 14.9. The molecule has 2 N–H and O–H groups in total. The molecule has 0 saturated carbocycles. The van der Waals surface area contributed by atoms with Crippen molar-refractivity contribution in [3.63, 3.8) is 0 Å². The molecular formula is C19H31NO3. The summed E-state index contributed by atoms with van der Waals surface area (Å²) in [6.45, 7) is 11.2. The predicted molar refractivity (Wildman–Crippen MR) is 93.1 cm³/mol. The van der Waals surface area contributed by atoms with E-state index in [0.29, 0.717) is 13.2 Å². The maximum atomic E-state index is 10.2. The Balaban J connectivity index is 1.83. The molecule has 1 aliphatic rings. The van der Waals surface area contributed by atoms with Gasteiger partial charge in [0.05, 0.1) is 6.10 Å². The summed E-state index contributed by atoms with van der Waals surface area (Å²) >= 11 is 0. The van der Waals surface area contributed by atoms with Gasteiger partial charge in [-0.1, -0.05) is 32.9 Å². The molecule has 130 valence electrons. The minimum atomic E-state index is -0.507. The fourth-order valence-corrected chi connectivity index (χ4v) is 2.92. The highest BCUT2D eigenvalue weighted by Gasteiger charge is 2.20. The summed E-state index contributed by atoms with van der Waals surface area (Å²) in [7, 11) is 0. The van der Waals surface area contributed by atoms with Gasteiger partial charge in [0.2, 0.25) is 0 Å². The standard InChI is InChI=1S/C19H31NO3/c1-14-11-15(19(2,3)4)5-6-18(14)23-13-17(22)12-20-9-7-16(21)8-10-20/h5-6,11,16-17,21-22H,7-10,12-13H2,1-4H3/t17-/m1/s1. The van der Waals surface area contributed by atoms with E-state index < -0.39 is 6.10 Å². The predicted octanol–water partition coefficient (Wildman–Crippen LogP) is 2.49. The average molecular weight is 321 g/mol. The van der Waals surface area contributed by atoms with Gasteiger partial charge in [-0.25, -0.2) is 0 Å². The van der Waals surface area contributed by atoms with Crippen LogP contribution in [-0.4, -0.2) is 53.6 Å². The first kappa shape index (κ1) is 18.2. The molecule has 0 amide bonds. The topological polar surface area (TPSA) is 52.9 Å². The number of hydrogen-bond donors (Lipinski definition) is 2. The van der Waals surface area contributed by atoms with Crippen molar-refractivity contribution >= 4 is 0 Å². The van der Waals surface area contributed by atoms with E-state index in [2.05, 4.69) is 37.8 Å². The molecule has 1 fully saturated rings. The molecule has 23 heavy (non-hydrogen) atoms. The number of aryl methyl sites for hydroxylation is 1. The van der Waals surface area contributed by atoms with Crippen molar-refractivity contribution in [3.05, 3.63) is 29.3 Å². The number of nitrogens with zero attached hydrogens (tertiary/aromatic N) is 1. The number of aliphatic hydroxyl groups is 2. The average Bonchev–Trinajstić information content (AvgIpc) is 2.47. The Morgan fingerprint density at radius 3 is 2.48 bits per heavy atom. The van der Waals surface area contributed by atoms with E-state index in [1.54, 1.807) is 0 Å². The Morgan fingerprint density at radius 1 is 1.26 bits per heavy atom. The summed E-state index contributed by atoms with van der Waals surface area (Å²) in [6, 6.07) is 6.26. The van der Waals surface area contributed by atoms with E-state index in [0.717, 1.165) is 37.2 Å². The van der Waals surface area contributed by atoms with Crippen LogP contribution in [0.25, 0.3) is 0 Å². The van der Waals surface area contributed by atoms with E-state index >= 15 is 0 Å². The molecule has 1 heterocycles. The van der Waals surface area contributed by atoms with Gasteiger partial charge in [-0.15, -0.1) is 0 Å². The molecule has 1 aliphatic heterocycles. The highest BCUT2D eigenvalue weighted by Crippen LogP contribution is 2.27. The largest absolute Gasteiger partial charge is 0.491 e. The molecule has 1 aromatic carbocycles. The van der Waals surface area contributed by atoms with Gasteiger partial charge in [-0.2, -0.15) is 0 Å². The maximum absolute atomic E-state index is 10.2. The van der Waals surface area contributed by atoms with Crippen LogP contribution in [0, 0.1) is 6.92 Å². The molecule has 4 heteroatoms. The summed E-state index contributed by atoms with van der Waals surface area (Å²) in [6.07, 6.45) is 0.901. The normalized spacial score (nSPS) is 18.9. The van der Waals surface area contributed by atoms with Gasteiger partial charge in [0, 0.05) is 19.6 Å². The van der Waals surface area contributed by atoms with Crippen molar-refractivity contribution in [2.24, 2.45) is 0 Å². The number of β-amino-alcohol motifs (C(OH)–C–C–N with tert-alkyl or cyclic N) is 1. The van der Waals surface area contributed by atoms with Crippen molar-refractivity contribution in [2.75, 3.05) is 26.2 Å². The van der Waals surface area contributed by atoms with Gasteiger partial charge >= 0.3 is 0 Å². The third-order valence-electron chi connectivity index (χ3n) is 4.50. The number of hydrogen-bond acceptors (Lipinski definition) is 4. The lowest BCUT2D eigenvalue weighted by Gasteiger charge is -2.31. The molecule has 4 nitrogen and oxygen atoms in total. The fourth-order valence-electron chi connectivity index (χ4n) is 2.92. The number of aliphatic hydroxyl groups excluding tert-OH is 2. The van der Waals surface area contributed by atoms with Gasteiger partial charge in [0.1, 0.15) is 18.5 Å². The second kappa shape index (κ2) is 7.65. The van der Waals surface area contributed by atoms with Crippen LogP contribution in [0.5, 0.6) is 5.75 Å². The monoisotopic (exact) mass is 321 g/mol. The van der Waals surface area contributed by atoms with Crippen LogP contribution < -0.4 is 4.74 Å². The minimum Gasteiger partial charge on any atom is -0.491 e. The van der Waals surface area contributed by atoms with Gasteiger partial charge in [0.15, 0.2) is 0 Å². The van der Waals surface area contributed by atoms with Crippen molar-refractivity contribution in [1.82, 2.24) is 4.90 Å². The lowest BCUT2D eigenvalue weighted by molar-refractivity contribution is 0.0336. The van der Waals surface area contributed by atoms with Gasteiger partial charge in [-0.05, 0) is 42.4 Å². The first-order valence-corrected chi connectivity index (χ1v) is 8.58. The first-order chi connectivity index (χ1) is 10.8. The van der Waals surface area contributed by atoms with Crippen LogP contribution >= 0.6 is 0 Å². The molecule has 0 spiro atoms. The summed E-state index contributed by atoms with van der Waals surface area (Å²) in [5, 5.41) is 19.7. The number of benzene rings is 1. The second-order valence-corrected chi connectivity index (χ2v) is 7.73. The first-order valence-electron chi connectivity index (χ1n) is 8.58. The van der Waals surface area contributed by atoms with Crippen LogP contribution in [0.3, 0.4) is 0 Å². The van der Waals surface area contributed by atoms with Crippen molar-refractivity contribution in [2.45, 2.75) is 58.2 Å². The summed E-state index contributed by atoms with van der Waals surface area (Å²) < 4.78 is 5.80. The van der Waals surface area contributed by atoms with Crippen LogP contribution in [0.2, 0.25) is 0 Å². The van der Waals surface area contributed by atoms with Crippen LogP contribution in [0.15, 0.2) is 18.2 Å². The van der Waals surface area contributed by atoms with E-state index in [1.807, 2.05) is 13.0 Å². The highest BCUT2D eigenvalue weighted by atomic mass is 16.5. The Labute approximate surface area is 140 Å². The maximum Gasteiger partial charge on any atom is 0.122 e. The van der Waals surface area contributed by atoms with E-state index in [9.17, 15) is 10.2 Å². The van der Waals surface area contributed by atoms with E-state index in [4.69, 9.17) is 4.74 Å².